The summed E-state index contributed by atoms with van der Waals surface area (Å²) in [6, 6.07) is 4.24. The van der Waals surface area contributed by atoms with Crippen molar-refractivity contribution in [3.8, 4) is 0 Å². The normalized spacial score (nSPS) is 18.0. The minimum atomic E-state index is -1.17. The van der Waals surface area contributed by atoms with Crippen molar-refractivity contribution < 1.29 is 33.5 Å². The third-order valence-corrected chi connectivity index (χ3v) is 4.60. The van der Waals surface area contributed by atoms with Crippen LogP contribution in [-0.2, 0) is 28.6 Å². The van der Waals surface area contributed by atoms with Crippen molar-refractivity contribution in [1.82, 2.24) is 5.32 Å². The number of methoxy groups -OCH3 is 2. The number of ether oxygens (including phenoxy) is 3. The number of nitrogens with one attached hydrogen (secondary N) is 1. The minimum absolute atomic E-state index is 0.137. The highest BCUT2D eigenvalue weighted by Crippen LogP contribution is 2.28. The zero-order valence-electron chi connectivity index (χ0n) is 15.6. The van der Waals surface area contributed by atoms with Crippen LogP contribution in [0.15, 0.2) is 24.3 Å². The van der Waals surface area contributed by atoms with Crippen LogP contribution in [0.3, 0.4) is 0 Å². The molecule has 10 nitrogen and oxygen atoms in total. The van der Waals surface area contributed by atoms with Gasteiger partial charge in [-0.2, -0.15) is 0 Å². The molecule has 1 saturated heterocycles. The molecule has 0 aliphatic carbocycles. The molecule has 1 amide bonds. The van der Waals surface area contributed by atoms with Gasteiger partial charge in [-0.3, -0.25) is 19.7 Å². The molecule has 0 saturated carbocycles. The molecule has 1 N–H and O–H groups in total. The molecule has 0 unspecified atom stereocenters. The van der Waals surface area contributed by atoms with Crippen LogP contribution in [0.5, 0.6) is 0 Å². The second kappa shape index (κ2) is 9.79. The SMILES string of the molecule is COC(=O)C[C@H](c1ccc([N+](=O)[O-])cc1)[C@H](NC(=O)[C@H]1CCOC1)C(=O)OC. The molecule has 28 heavy (non-hydrogen) atoms. The number of nitro groups is 1. The number of amides is 1. The maximum atomic E-state index is 12.5. The Morgan fingerprint density at radius 2 is 1.93 bits per heavy atom. The molecule has 1 heterocycles. The maximum absolute atomic E-state index is 12.5. The van der Waals surface area contributed by atoms with Crippen LogP contribution in [0.1, 0.15) is 24.3 Å². The predicted octanol–water partition coefficient (Wildman–Crippen LogP) is 0.936. The Balaban J connectivity index is 2.33. The monoisotopic (exact) mass is 394 g/mol. The van der Waals surface area contributed by atoms with Crippen molar-refractivity contribution in [1.29, 1.82) is 0 Å². The number of rotatable bonds is 8. The fourth-order valence-electron chi connectivity index (χ4n) is 3.00. The third-order valence-electron chi connectivity index (χ3n) is 4.60. The van der Waals surface area contributed by atoms with Crippen molar-refractivity contribution in [2.45, 2.75) is 24.8 Å². The lowest BCUT2D eigenvalue weighted by Crippen LogP contribution is -2.48. The number of esters is 2. The summed E-state index contributed by atoms with van der Waals surface area (Å²) in [5, 5.41) is 13.5. The van der Waals surface area contributed by atoms with Crippen LogP contribution in [0.2, 0.25) is 0 Å². The highest BCUT2D eigenvalue weighted by atomic mass is 16.6. The molecule has 1 fully saturated rings. The number of non-ortho nitro benzene ring substituents is 1. The van der Waals surface area contributed by atoms with Gasteiger partial charge >= 0.3 is 11.9 Å². The van der Waals surface area contributed by atoms with E-state index in [0.717, 1.165) is 0 Å². The van der Waals surface area contributed by atoms with E-state index in [9.17, 15) is 24.5 Å². The first-order chi connectivity index (χ1) is 13.4. The predicted molar refractivity (Wildman–Crippen MR) is 95.3 cm³/mol. The van der Waals surface area contributed by atoms with Gasteiger partial charge in [0.25, 0.3) is 5.69 Å². The van der Waals surface area contributed by atoms with Gasteiger partial charge in [0.1, 0.15) is 6.04 Å². The average Bonchev–Trinajstić information content (AvgIpc) is 3.24. The van der Waals surface area contributed by atoms with Crippen LogP contribution in [0.25, 0.3) is 0 Å². The fraction of sp³-hybridized carbons (Fsp3) is 0.500. The van der Waals surface area contributed by atoms with Gasteiger partial charge in [0.05, 0.1) is 38.1 Å². The molecule has 0 spiro atoms. The Morgan fingerprint density at radius 1 is 1.25 bits per heavy atom. The maximum Gasteiger partial charge on any atom is 0.329 e. The van der Waals surface area contributed by atoms with E-state index in [0.29, 0.717) is 18.6 Å². The summed E-state index contributed by atoms with van der Waals surface area (Å²) in [7, 11) is 2.38. The number of nitro benzene ring substituents is 1. The molecular weight excluding hydrogens is 372 g/mol. The number of carbonyl (C=O) groups excluding carboxylic acids is 3. The van der Waals surface area contributed by atoms with E-state index in [2.05, 4.69) is 5.32 Å². The van der Waals surface area contributed by atoms with E-state index in [4.69, 9.17) is 14.2 Å². The summed E-state index contributed by atoms with van der Waals surface area (Å²) in [6.45, 7) is 0.702. The molecular formula is C18H22N2O8. The zero-order valence-corrected chi connectivity index (χ0v) is 15.6. The quantitative estimate of drug-likeness (QED) is 0.391. The molecule has 0 radical (unpaired) electrons. The van der Waals surface area contributed by atoms with Crippen LogP contribution in [0.4, 0.5) is 5.69 Å². The lowest BCUT2D eigenvalue weighted by molar-refractivity contribution is -0.384. The van der Waals surface area contributed by atoms with E-state index in [-0.39, 0.29) is 24.6 Å². The molecule has 1 aliphatic rings. The lowest BCUT2D eigenvalue weighted by atomic mass is 9.87. The molecule has 0 aromatic heterocycles. The number of hydrogen-bond donors (Lipinski definition) is 1. The van der Waals surface area contributed by atoms with Gasteiger partial charge in [0, 0.05) is 24.7 Å². The van der Waals surface area contributed by atoms with Crippen molar-refractivity contribution in [3.05, 3.63) is 39.9 Å². The van der Waals surface area contributed by atoms with Crippen LogP contribution >= 0.6 is 0 Å². The fourth-order valence-corrected chi connectivity index (χ4v) is 3.00. The summed E-state index contributed by atoms with van der Waals surface area (Å²) in [5.74, 6) is -2.95. The molecule has 152 valence electrons. The largest absolute Gasteiger partial charge is 0.469 e. The second-order valence-corrected chi connectivity index (χ2v) is 6.31. The van der Waals surface area contributed by atoms with Crippen molar-refractivity contribution >= 4 is 23.5 Å². The molecule has 1 aliphatic heterocycles. The van der Waals surface area contributed by atoms with E-state index in [1.54, 1.807) is 0 Å². The van der Waals surface area contributed by atoms with Crippen molar-refractivity contribution in [2.75, 3.05) is 27.4 Å². The Kier molecular flexibility index (Phi) is 7.44. The number of carbonyl (C=O) groups is 3. The van der Waals surface area contributed by atoms with E-state index < -0.39 is 34.7 Å². The Morgan fingerprint density at radius 3 is 2.43 bits per heavy atom. The topological polar surface area (TPSA) is 134 Å². The Labute approximate surface area is 161 Å². The number of hydrogen-bond acceptors (Lipinski definition) is 8. The summed E-state index contributed by atoms with van der Waals surface area (Å²) < 4.78 is 14.7. The Hall–Kier alpha value is -3.01. The van der Waals surface area contributed by atoms with Crippen molar-refractivity contribution in [2.24, 2.45) is 5.92 Å². The lowest BCUT2D eigenvalue weighted by Gasteiger charge is -2.26. The molecule has 0 bridgehead atoms. The molecule has 2 rings (SSSR count). The average molecular weight is 394 g/mol. The highest BCUT2D eigenvalue weighted by Gasteiger charge is 2.36. The highest BCUT2D eigenvalue weighted by molar-refractivity contribution is 5.87. The summed E-state index contributed by atoms with van der Waals surface area (Å²) >= 11 is 0. The second-order valence-electron chi connectivity index (χ2n) is 6.31. The molecule has 3 atom stereocenters. The Bertz CT molecular complexity index is 728. The van der Waals surface area contributed by atoms with Gasteiger partial charge in [-0.05, 0) is 12.0 Å². The summed E-state index contributed by atoms with van der Waals surface area (Å²) in [6.07, 6.45) is 0.300. The van der Waals surface area contributed by atoms with Crippen LogP contribution in [0, 0.1) is 16.0 Å². The molecule has 10 heteroatoms. The minimum Gasteiger partial charge on any atom is -0.469 e. The van der Waals surface area contributed by atoms with Gasteiger partial charge in [0.2, 0.25) is 5.91 Å². The first kappa shape index (κ1) is 21.3. The van der Waals surface area contributed by atoms with Crippen LogP contribution < -0.4 is 5.32 Å². The third kappa shape index (κ3) is 5.26. The van der Waals surface area contributed by atoms with Gasteiger partial charge in [0.15, 0.2) is 0 Å². The standard InChI is InChI=1S/C18H22N2O8/c1-26-15(21)9-14(11-3-5-13(6-4-11)20(24)25)16(18(23)27-2)19-17(22)12-7-8-28-10-12/h3-6,12,14,16H,7-10H2,1-2H3,(H,19,22)/t12-,14+,16-/m0/s1. The number of nitrogens with zero attached hydrogens (tertiary/aromatic N) is 1. The molecule has 1 aromatic rings. The summed E-state index contributed by atoms with van der Waals surface area (Å²) in [4.78, 5) is 47.1. The van der Waals surface area contributed by atoms with Gasteiger partial charge in [-0.1, -0.05) is 12.1 Å². The first-order valence-corrected chi connectivity index (χ1v) is 8.64. The van der Waals surface area contributed by atoms with Crippen LogP contribution in [-0.4, -0.2) is 56.2 Å². The smallest absolute Gasteiger partial charge is 0.329 e. The van der Waals surface area contributed by atoms with Gasteiger partial charge < -0.3 is 19.5 Å². The van der Waals surface area contributed by atoms with E-state index in [1.165, 1.54) is 38.5 Å². The van der Waals surface area contributed by atoms with Crippen molar-refractivity contribution in [3.63, 3.8) is 0 Å². The molecule has 1 aromatic carbocycles. The zero-order chi connectivity index (χ0) is 20.7. The van der Waals surface area contributed by atoms with Gasteiger partial charge in [-0.25, -0.2) is 4.79 Å². The van der Waals surface area contributed by atoms with E-state index in [1.807, 2.05) is 0 Å². The summed E-state index contributed by atoms with van der Waals surface area (Å²) in [5.41, 5.74) is 0.316. The number of benzene rings is 1. The van der Waals surface area contributed by atoms with E-state index >= 15 is 0 Å². The first-order valence-electron chi connectivity index (χ1n) is 8.64. The van der Waals surface area contributed by atoms with Gasteiger partial charge in [-0.15, -0.1) is 0 Å².